The zero-order valence-electron chi connectivity index (χ0n) is 17.3. The van der Waals surface area contributed by atoms with Crippen LogP contribution in [0.15, 0.2) is 18.3 Å². The van der Waals surface area contributed by atoms with E-state index in [0.717, 1.165) is 12.0 Å². The van der Waals surface area contributed by atoms with E-state index in [1.54, 1.807) is 18.3 Å². The summed E-state index contributed by atoms with van der Waals surface area (Å²) < 4.78 is 16.4. The van der Waals surface area contributed by atoms with Crippen LogP contribution in [-0.2, 0) is 11.3 Å². The van der Waals surface area contributed by atoms with E-state index in [4.69, 9.17) is 38.4 Å². The predicted molar refractivity (Wildman–Crippen MR) is 118 cm³/mol. The first kappa shape index (κ1) is 22.5. The number of halogens is 2. The van der Waals surface area contributed by atoms with Gasteiger partial charge in [0.25, 0.3) is 0 Å². The topological polar surface area (TPSA) is 95.7 Å². The summed E-state index contributed by atoms with van der Waals surface area (Å²) in [5.74, 6) is 1.70. The summed E-state index contributed by atoms with van der Waals surface area (Å²) in [5, 5.41) is 3.18. The molecule has 0 saturated heterocycles. The van der Waals surface area contributed by atoms with E-state index in [0.29, 0.717) is 40.2 Å². The fraction of sp³-hybridized carbons (Fsp3) is 0.429. The number of nitrogens with zero attached hydrogens (tertiary/aromatic N) is 1. The number of fused-ring (bicyclic) bond motifs is 3. The molecule has 3 rings (SSSR count). The van der Waals surface area contributed by atoms with Crippen LogP contribution < -0.4 is 20.5 Å². The third-order valence-electron chi connectivity index (χ3n) is 4.62. The van der Waals surface area contributed by atoms with Gasteiger partial charge in [-0.15, -0.1) is 0 Å². The minimum Gasteiger partial charge on any atom is -0.490 e. The van der Waals surface area contributed by atoms with Gasteiger partial charge in [-0.05, 0) is 25.3 Å². The maximum Gasteiger partial charge on any atom is 0.412 e. The van der Waals surface area contributed by atoms with Crippen molar-refractivity contribution in [1.29, 1.82) is 0 Å². The van der Waals surface area contributed by atoms with Crippen LogP contribution in [0.5, 0.6) is 11.5 Å². The highest BCUT2D eigenvalue weighted by Crippen LogP contribution is 2.47. The lowest BCUT2D eigenvalue weighted by Crippen LogP contribution is -2.43. The molecule has 1 atom stereocenters. The molecule has 0 radical (unpaired) electrons. The summed E-state index contributed by atoms with van der Waals surface area (Å²) in [4.78, 5) is 15.7. The molecule has 0 aliphatic carbocycles. The molecule has 3 N–H and O–H groups in total. The average Bonchev–Trinajstić information content (AvgIpc) is 2.67. The third-order valence-corrected chi connectivity index (χ3v) is 5.29. The molecule has 1 aliphatic heterocycles. The van der Waals surface area contributed by atoms with Gasteiger partial charge in [-0.2, -0.15) is 0 Å². The van der Waals surface area contributed by atoms with Crippen LogP contribution >= 0.6 is 23.2 Å². The standard InChI is InChI=1S/C21H25Cl2N3O4/c1-11(2)7-21(3,24)10-30-16-6-15-13(5-14(16)22)17-12(9-29-15)8-25-19(18(17)23)26-20(27)28-4/h5-6,8,11H,7,9-10,24H2,1-4H3,(H,25,26,27). The molecule has 7 nitrogen and oxygen atoms in total. The molecule has 0 spiro atoms. The third kappa shape index (κ3) is 4.91. The van der Waals surface area contributed by atoms with E-state index in [1.165, 1.54) is 7.11 Å². The van der Waals surface area contributed by atoms with Crippen LogP contribution in [0, 0.1) is 5.92 Å². The van der Waals surface area contributed by atoms with Crippen molar-refractivity contribution in [1.82, 2.24) is 4.98 Å². The molecule has 0 fully saturated rings. The number of amides is 1. The van der Waals surface area contributed by atoms with Gasteiger partial charge in [0, 0.05) is 34.5 Å². The zero-order valence-corrected chi connectivity index (χ0v) is 18.9. The SMILES string of the molecule is COC(=O)Nc1ncc2c(c1Cl)-c1cc(Cl)c(OCC(C)(N)CC(C)C)cc1OC2. The van der Waals surface area contributed by atoms with Crippen LogP contribution in [0.2, 0.25) is 10.0 Å². The van der Waals surface area contributed by atoms with Crippen LogP contribution in [-0.4, -0.2) is 30.3 Å². The first-order valence-corrected chi connectivity index (χ1v) is 10.3. The monoisotopic (exact) mass is 453 g/mol. The highest BCUT2D eigenvalue weighted by atomic mass is 35.5. The molecule has 1 aromatic carbocycles. The van der Waals surface area contributed by atoms with Crippen molar-refractivity contribution in [3.05, 3.63) is 33.9 Å². The number of aromatic nitrogens is 1. The molecular formula is C21H25Cl2N3O4. The number of anilines is 1. The van der Waals surface area contributed by atoms with Crippen molar-refractivity contribution in [2.45, 2.75) is 39.3 Å². The number of carbonyl (C=O) groups is 1. The van der Waals surface area contributed by atoms with Gasteiger partial charge >= 0.3 is 6.09 Å². The molecule has 0 bridgehead atoms. The lowest BCUT2D eigenvalue weighted by Gasteiger charge is -2.28. The molecular weight excluding hydrogens is 429 g/mol. The van der Waals surface area contributed by atoms with E-state index >= 15 is 0 Å². The highest BCUT2D eigenvalue weighted by Gasteiger charge is 2.26. The number of nitrogens with two attached hydrogens (primary N) is 1. The Balaban J connectivity index is 1.92. The normalized spacial score (nSPS) is 14.3. The summed E-state index contributed by atoms with van der Waals surface area (Å²) in [6, 6.07) is 3.46. The van der Waals surface area contributed by atoms with Crippen molar-refractivity contribution < 1.29 is 19.0 Å². The van der Waals surface area contributed by atoms with Crippen molar-refractivity contribution >= 4 is 35.1 Å². The molecule has 30 heavy (non-hydrogen) atoms. The minimum atomic E-state index is -0.662. The second-order valence-corrected chi connectivity index (χ2v) is 8.83. The molecule has 1 aliphatic rings. The maximum atomic E-state index is 11.6. The van der Waals surface area contributed by atoms with Gasteiger partial charge in [-0.1, -0.05) is 37.0 Å². The second-order valence-electron chi connectivity index (χ2n) is 8.05. The smallest absolute Gasteiger partial charge is 0.412 e. The summed E-state index contributed by atoms with van der Waals surface area (Å²) in [6.45, 7) is 6.78. The first-order chi connectivity index (χ1) is 14.1. The summed E-state index contributed by atoms with van der Waals surface area (Å²) in [6.07, 6.45) is 1.75. The summed E-state index contributed by atoms with van der Waals surface area (Å²) in [5.41, 5.74) is 8.01. The molecule has 1 amide bonds. The second kappa shape index (κ2) is 8.88. The fourth-order valence-electron chi connectivity index (χ4n) is 3.51. The van der Waals surface area contributed by atoms with Gasteiger partial charge in [0.2, 0.25) is 0 Å². The molecule has 162 valence electrons. The maximum absolute atomic E-state index is 11.6. The van der Waals surface area contributed by atoms with Gasteiger partial charge < -0.3 is 19.9 Å². The number of nitrogens with one attached hydrogen (secondary N) is 1. The first-order valence-electron chi connectivity index (χ1n) is 9.52. The Labute approximate surface area is 185 Å². The lowest BCUT2D eigenvalue weighted by molar-refractivity contribution is 0.187. The number of pyridine rings is 1. The van der Waals surface area contributed by atoms with E-state index in [9.17, 15) is 4.79 Å². The number of hydrogen-bond acceptors (Lipinski definition) is 6. The van der Waals surface area contributed by atoms with Gasteiger partial charge in [0.15, 0.2) is 5.82 Å². The van der Waals surface area contributed by atoms with Crippen LogP contribution in [0.25, 0.3) is 11.1 Å². The van der Waals surface area contributed by atoms with E-state index in [-0.39, 0.29) is 17.4 Å². The molecule has 1 unspecified atom stereocenters. The van der Waals surface area contributed by atoms with Crippen molar-refractivity contribution in [3.8, 4) is 22.6 Å². The van der Waals surface area contributed by atoms with Gasteiger partial charge in [0.1, 0.15) is 24.7 Å². The number of rotatable bonds is 6. The fourth-order valence-corrected chi connectivity index (χ4v) is 4.05. The number of hydrogen-bond donors (Lipinski definition) is 2. The van der Waals surface area contributed by atoms with Crippen LogP contribution in [0.4, 0.5) is 10.6 Å². The molecule has 9 heteroatoms. The van der Waals surface area contributed by atoms with E-state index < -0.39 is 11.6 Å². The summed E-state index contributed by atoms with van der Waals surface area (Å²) >= 11 is 13.0. The van der Waals surface area contributed by atoms with Gasteiger partial charge in [0.05, 0.1) is 17.2 Å². The van der Waals surface area contributed by atoms with E-state index in [1.807, 2.05) is 6.92 Å². The van der Waals surface area contributed by atoms with Crippen molar-refractivity contribution in [2.75, 3.05) is 19.0 Å². The van der Waals surface area contributed by atoms with Gasteiger partial charge in [-0.25, -0.2) is 9.78 Å². The number of benzene rings is 1. The quantitative estimate of drug-likeness (QED) is 0.618. The molecule has 2 heterocycles. The number of carbonyl (C=O) groups excluding carboxylic acids is 1. The minimum absolute atomic E-state index is 0.194. The molecule has 1 aromatic heterocycles. The Hall–Kier alpha value is -2.22. The largest absolute Gasteiger partial charge is 0.490 e. The molecule has 2 aromatic rings. The van der Waals surface area contributed by atoms with Crippen molar-refractivity contribution in [3.63, 3.8) is 0 Å². The van der Waals surface area contributed by atoms with Gasteiger partial charge in [-0.3, -0.25) is 5.32 Å². The average molecular weight is 454 g/mol. The zero-order chi connectivity index (χ0) is 22.1. The Morgan fingerprint density at radius 3 is 2.80 bits per heavy atom. The summed E-state index contributed by atoms with van der Waals surface area (Å²) in [7, 11) is 1.26. The Kier molecular flexibility index (Phi) is 6.65. The lowest BCUT2D eigenvalue weighted by atomic mass is 9.93. The molecule has 0 saturated carbocycles. The van der Waals surface area contributed by atoms with Crippen LogP contribution in [0.3, 0.4) is 0 Å². The highest BCUT2D eigenvalue weighted by molar-refractivity contribution is 6.37. The predicted octanol–water partition coefficient (Wildman–Crippen LogP) is 5.27. The van der Waals surface area contributed by atoms with E-state index in [2.05, 4.69) is 28.9 Å². The van der Waals surface area contributed by atoms with Crippen LogP contribution in [0.1, 0.15) is 32.8 Å². The Morgan fingerprint density at radius 2 is 2.13 bits per heavy atom. The van der Waals surface area contributed by atoms with Crippen molar-refractivity contribution in [2.24, 2.45) is 11.7 Å². The number of ether oxygens (including phenoxy) is 3. The number of methoxy groups -OCH3 is 1. The Bertz CT molecular complexity index is 964. The Morgan fingerprint density at radius 1 is 1.40 bits per heavy atom.